The SMILES string of the molecule is O=C1C[C@@H]2CC[C@H]1[C@H](Nc1ccc(Cl)cc1)C21CCCCC1.O=C1C[C@@H]2CC[C@H]1[C@H](Nc1ccc(Cl)cc1)C21CCCCC1. The number of carbonyl (C=O) groups excluding carboxylic acids is 2. The number of anilines is 2. The summed E-state index contributed by atoms with van der Waals surface area (Å²) < 4.78 is 0. The van der Waals surface area contributed by atoms with Crippen LogP contribution in [0.15, 0.2) is 48.5 Å². The van der Waals surface area contributed by atoms with Gasteiger partial charge >= 0.3 is 0 Å². The van der Waals surface area contributed by atoms with Gasteiger partial charge in [-0.2, -0.15) is 0 Å². The summed E-state index contributed by atoms with van der Waals surface area (Å²) >= 11 is 12.0. The highest BCUT2D eigenvalue weighted by Gasteiger charge is 2.58. The average molecular weight is 636 g/mol. The minimum absolute atomic E-state index is 0.221. The van der Waals surface area contributed by atoms with E-state index in [9.17, 15) is 9.59 Å². The summed E-state index contributed by atoms with van der Waals surface area (Å²) in [4.78, 5) is 25.0. The molecule has 0 amide bonds. The van der Waals surface area contributed by atoms with E-state index in [-0.39, 0.29) is 11.8 Å². The van der Waals surface area contributed by atoms with Gasteiger partial charge < -0.3 is 10.6 Å². The maximum Gasteiger partial charge on any atom is 0.138 e. The molecule has 236 valence electrons. The molecule has 0 heterocycles. The molecule has 2 aromatic rings. The fourth-order valence-corrected chi connectivity index (χ4v) is 11.1. The summed E-state index contributed by atoms with van der Waals surface area (Å²) in [6.45, 7) is 0. The monoisotopic (exact) mass is 634 g/mol. The average Bonchev–Trinajstić information content (AvgIpc) is 3.04. The van der Waals surface area contributed by atoms with Crippen molar-refractivity contribution in [3.05, 3.63) is 58.6 Å². The zero-order valence-electron chi connectivity index (χ0n) is 26.0. The van der Waals surface area contributed by atoms with Gasteiger partial charge in [0, 0.05) is 58.2 Å². The molecule has 8 aliphatic carbocycles. The molecular weight excluding hydrogens is 587 g/mol. The Balaban J connectivity index is 0.000000142. The van der Waals surface area contributed by atoms with Gasteiger partial charge in [-0.1, -0.05) is 61.7 Å². The Morgan fingerprint density at radius 1 is 0.523 bits per heavy atom. The van der Waals surface area contributed by atoms with Crippen LogP contribution in [0, 0.1) is 34.5 Å². The van der Waals surface area contributed by atoms with Crippen molar-refractivity contribution in [1.29, 1.82) is 0 Å². The van der Waals surface area contributed by atoms with Crippen LogP contribution >= 0.6 is 23.2 Å². The molecule has 0 radical (unpaired) electrons. The predicted molar refractivity (Wildman–Crippen MR) is 180 cm³/mol. The second-order valence-corrected chi connectivity index (χ2v) is 15.8. The minimum atomic E-state index is 0.221. The molecule has 6 heteroatoms. The van der Waals surface area contributed by atoms with Crippen LogP contribution in [0.3, 0.4) is 0 Å². The van der Waals surface area contributed by atoms with Crippen LogP contribution in [-0.4, -0.2) is 23.7 Å². The van der Waals surface area contributed by atoms with E-state index in [4.69, 9.17) is 23.2 Å². The number of nitrogens with one attached hydrogen (secondary N) is 2. The molecule has 0 aliphatic heterocycles. The summed E-state index contributed by atoms with van der Waals surface area (Å²) in [7, 11) is 0. The summed E-state index contributed by atoms with van der Waals surface area (Å²) in [6, 6.07) is 16.6. The molecule has 44 heavy (non-hydrogen) atoms. The smallest absolute Gasteiger partial charge is 0.138 e. The summed E-state index contributed by atoms with van der Waals surface area (Å²) in [5.74, 6) is 2.65. The lowest BCUT2D eigenvalue weighted by Crippen LogP contribution is -2.60. The van der Waals surface area contributed by atoms with Crippen LogP contribution in [0.5, 0.6) is 0 Å². The Hall–Kier alpha value is -2.04. The van der Waals surface area contributed by atoms with Crippen LogP contribution < -0.4 is 10.6 Å². The molecule has 8 fully saturated rings. The Labute approximate surface area is 273 Å². The molecule has 2 spiro atoms. The zero-order valence-corrected chi connectivity index (χ0v) is 27.5. The standard InChI is InChI=1S/2C19H24ClNO/c2*20-14-5-7-15(8-6-14)21-18-16-9-4-13(12-17(16)22)19(18)10-2-1-3-11-19/h2*5-8,13,16,18,21H,1-4,9-12H2/t2*13-,16+,18-/m00/s1. The Morgan fingerprint density at radius 3 is 1.23 bits per heavy atom. The Bertz CT molecular complexity index is 1230. The molecular formula is C38H48Cl2N2O2. The van der Waals surface area contributed by atoms with E-state index < -0.39 is 0 Å². The first-order chi connectivity index (χ1) is 21.4. The number of fused-ring (bicyclic) bond motifs is 4. The maximum absolute atomic E-state index is 12.5. The number of carbonyl (C=O) groups is 2. The largest absolute Gasteiger partial charge is 0.381 e. The second kappa shape index (κ2) is 12.6. The molecule has 6 atom stereocenters. The summed E-state index contributed by atoms with van der Waals surface area (Å²) in [5.41, 5.74) is 2.93. The number of ketones is 2. The maximum atomic E-state index is 12.5. The molecule has 2 N–H and O–H groups in total. The van der Waals surface area contributed by atoms with Gasteiger partial charge in [-0.3, -0.25) is 9.59 Å². The third-order valence-corrected chi connectivity index (χ3v) is 13.4. The number of benzene rings is 2. The van der Waals surface area contributed by atoms with E-state index in [1.54, 1.807) is 0 Å². The lowest BCUT2D eigenvalue weighted by atomic mass is 9.48. The van der Waals surface area contributed by atoms with Crippen LogP contribution in [-0.2, 0) is 9.59 Å². The number of Topliss-reactive ketones (excluding diaryl/α,β-unsaturated/α-hetero) is 2. The molecule has 0 unspecified atom stereocenters. The van der Waals surface area contributed by atoms with Crippen molar-refractivity contribution in [3.8, 4) is 0 Å². The number of rotatable bonds is 4. The number of halogens is 2. The molecule has 8 aliphatic rings. The van der Waals surface area contributed by atoms with Gasteiger partial charge in [-0.15, -0.1) is 0 Å². The minimum Gasteiger partial charge on any atom is -0.381 e. The zero-order chi connectivity index (χ0) is 30.3. The van der Waals surface area contributed by atoms with E-state index in [0.717, 1.165) is 47.1 Å². The summed E-state index contributed by atoms with van der Waals surface area (Å²) in [6.07, 6.45) is 19.6. The third-order valence-electron chi connectivity index (χ3n) is 12.9. The first kappa shape index (κ1) is 30.6. The molecule has 2 aromatic carbocycles. The Morgan fingerprint density at radius 2 is 0.886 bits per heavy atom. The molecule has 0 aromatic heterocycles. The normalized spacial score (nSPS) is 33.1. The van der Waals surface area contributed by atoms with Crippen molar-refractivity contribution < 1.29 is 9.59 Å². The van der Waals surface area contributed by atoms with Crippen molar-refractivity contribution in [1.82, 2.24) is 0 Å². The van der Waals surface area contributed by atoms with E-state index in [1.165, 1.54) is 77.0 Å². The van der Waals surface area contributed by atoms with Crippen molar-refractivity contribution in [2.75, 3.05) is 10.6 Å². The molecule has 0 saturated heterocycles. The van der Waals surface area contributed by atoms with Crippen molar-refractivity contribution in [2.24, 2.45) is 34.5 Å². The van der Waals surface area contributed by atoms with E-state index in [0.29, 0.717) is 46.3 Å². The Kier molecular flexibility index (Phi) is 8.79. The number of hydrogen-bond acceptors (Lipinski definition) is 4. The lowest BCUT2D eigenvalue weighted by molar-refractivity contribution is -0.141. The molecule has 8 saturated carbocycles. The fourth-order valence-electron chi connectivity index (χ4n) is 10.9. The van der Waals surface area contributed by atoms with Crippen molar-refractivity contribution >= 4 is 46.1 Å². The van der Waals surface area contributed by atoms with Crippen LogP contribution in [0.4, 0.5) is 11.4 Å². The van der Waals surface area contributed by atoms with E-state index >= 15 is 0 Å². The van der Waals surface area contributed by atoms with Gasteiger partial charge in [-0.25, -0.2) is 0 Å². The van der Waals surface area contributed by atoms with E-state index in [1.807, 2.05) is 48.5 Å². The molecule has 4 nitrogen and oxygen atoms in total. The van der Waals surface area contributed by atoms with Gasteiger partial charge in [0.1, 0.15) is 11.6 Å². The van der Waals surface area contributed by atoms with Crippen molar-refractivity contribution in [2.45, 2.75) is 115 Å². The van der Waals surface area contributed by atoms with Gasteiger partial charge in [0.05, 0.1) is 0 Å². The van der Waals surface area contributed by atoms with Gasteiger partial charge in [-0.05, 0) is 123 Å². The first-order valence-electron chi connectivity index (χ1n) is 17.5. The topological polar surface area (TPSA) is 58.2 Å². The summed E-state index contributed by atoms with van der Waals surface area (Å²) in [5, 5.41) is 9.03. The molecule has 10 rings (SSSR count). The third kappa shape index (κ3) is 5.61. The first-order valence-corrected chi connectivity index (χ1v) is 18.2. The highest BCUT2D eigenvalue weighted by molar-refractivity contribution is 6.30. The second-order valence-electron chi connectivity index (χ2n) is 14.9. The highest BCUT2D eigenvalue weighted by Crippen LogP contribution is 2.59. The van der Waals surface area contributed by atoms with Gasteiger partial charge in [0.25, 0.3) is 0 Å². The van der Waals surface area contributed by atoms with Crippen LogP contribution in [0.25, 0.3) is 0 Å². The number of hydrogen-bond donors (Lipinski definition) is 2. The molecule has 4 bridgehead atoms. The van der Waals surface area contributed by atoms with E-state index in [2.05, 4.69) is 10.6 Å². The quantitative estimate of drug-likeness (QED) is 0.351. The fraction of sp³-hybridized carbons (Fsp3) is 0.632. The highest BCUT2D eigenvalue weighted by atomic mass is 35.5. The van der Waals surface area contributed by atoms with Crippen LogP contribution in [0.1, 0.15) is 103 Å². The lowest BCUT2D eigenvalue weighted by Gasteiger charge is -2.58. The predicted octanol–water partition coefficient (Wildman–Crippen LogP) is 10.1. The van der Waals surface area contributed by atoms with Gasteiger partial charge in [0.15, 0.2) is 0 Å². The van der Waals surface area contributed by atoms with Crippen molar-refractivity contribution in [3.63, 3.8) is 0 Å². The van der Waals surface area contributed by atoms with Crippen LogP contribution in [0.2, 0.25) is 10.0 Å². The van der Waals surface area contributed by atoms with Gasteiger partial charge in [0.2, 0.25) is 0 Å².